The minimum atomic E-state index is -0.441. The van der Waals surface area contributed by atoms with E-state index >= 15 is 0 Å². The number of rotatable bonds is 9. The molecule has 0 unspecified atom stereocenters. The molecule has 20 heavy (non-hydrogen) atoms. The first-order valence-corrected chi connectivity index (χ1v) is 6.49. The van der Waals surface area contributed by atoms with Gasteiger partial charge in [-0.2, -0.15) is 0 Å². The summed E-state index contributed by atoms with van der Waals surface area (Å²) in [4.78, 5) is 10.6. The second kappa shape index (κ2) is 8.21. The third-order valence-corrected chi connectivity index (χ3v) is 2.74. The number of methoxy groups -OCH3 is 2. The molecule has 0 aliphatic carbocycles. The molecule has 0 amide bonds. The molecular formula is C13H21N3O4. The molecule has 0 heterocycles. The van der Waals surface area contributed by atoms with Crippen molar-refractivity contribution in [2.75, 3.05) is 39.2 Å². The number of nitrogens with zero attached hydrogens (tertiary/aromatic N) is 1. The van der Waals surface area contributed by atoms with Gasteiger partial charge >= 0.3 is 0 Å². The Morgan fingerprint density at radius 1 is 1.15 bits per heavy atom. The average Bonchev–Trinajstić information content (AvgIpc) is 2.46. The maximum atomic E-state index is 11.1. The van der Waals surface area contributed by atoms with Gasteiger partial charge in [0.05, 0.1) is 25.2 Å². The first kappa shape index (κ1) is 16.0. The van der Waals surface area contributed by atoms with Crippen LogP contribution in [0.4, 0.5) is 11.4 Å². The summed E-state index contributed by atoms with van der Waals surface area (Å²) in [5, 5.41) is 17.3. The molecule has 0 aliphatic rings. The molecular weight excluding hydrogens is 262 g/mol. The fraction of sp³-hybridized carbons (Fsp3) is 0.538. The van der Waals surface area contributed by atoms with Crippen LogP contribution in [0.1, 0.15) is 13.3 Å². The Hall–Kier alpha value is -2.02. The van der Waals surface area contributed by atoms with Gasteiger partial charge in [-0.05, 0) is 13.0 Å². The Morgan fingerprint density at radius 3 is 2.35 bits per heavy atom. The van der Waals surface area contributed by atoms with Gasteiger partial charge in [0.2, 0.25) is 0 Å². The van der Waals surface area contributed by atoms with Crippen molar-refractivity contribution in [2.45, 2.75) is 13.3 Å². The molecule has 0 bridgehead atoms. The predicted molar refractivity (Wildman–Crippen MR) is 77.9 cm³/mol. The number of hydrogen-bond donors (Lipinski definition) is 2. The second-order valence-corrected chi connectivity index (χ2v) is 4.16. The van der Waals surface area contributed by atoms with E-state index in [1.54, 1.807) is 6.07 Å². The van der Waals surface area contributed by atoms with Crippen molar-refractivity contribution in [1.29, 1.82) is 0 Å². The van der Waals surface area contributed by atoms with Gasteiger partial charge in [0.15, 0.2) is 11.5 Å². The van der Waals surface area contributed by atoms with Crippen LogP contribution in [0.2, 0.25) is 0 Å². The highest BCUT2D eigenvalue weighted by Gasteiger charge is 2.19. The second-order valence-electron chi connectivity index (χ2n) is 4.16. The van der Waals surface area contributed by atoms with Crippen LogP contribution in [-0.4, -0.2) is 38.8 Å². The van der Waals surface area contributed by atoms with Gasteiger partial charge in [-0.25, -0.2) is 0 Å². The number of hydrogen-bond acceptors (Lipinski definition) is 6. The van der Waals surface area contributed by atoms with Gasteiger partial charge in [0.1, 0.15) is 5.69 Å². The average molecular weight is 283 g/mol. The molecule has 7 nitrogen and oxygen atoms in total. The van der Waals surface area contributed by atoms with Gasteiger partial charge in [-0.3, -0.25) is 10.1 Å². The van der Waals surface area contributed by atoms with Gasteiger partial charge in [0.25, 0.3) is 5.69 Å². The summed E-state index contributed by atoms with van der Waals surface area (Å²) in [6, 6.07) is 2.94. The Balaban J connectivity index is 2.84. The Bertz CT molecular complexity index is 451. The van der Waals surface area contributed by atoms with Crippen LogP contribution in [0.3, 0.4) is 0 Å². The Labute approximate surface area is 118 Å². The first-order valence-electron chi connectivity index (χ1n) is 6.49. The molecule has 0 spiro atoms. The third-order valence-electron chi connectivity index (χ3n) is 2.74. The van der Waals surface area contributed by atoms with Crippen LogP contribution in [0, 0.1) is 10.1 Å². The number of nitro benzene ring substituents is 1. The quantitative estimate of drug-likeness (QED) is 0.410. The van der Waals surface area contributed by atoms with Crippen LogP contribution in [0.25, 0.3) is 0 Å². The minimum Gasteiger partial charge on any atom is -0.493 e. The number of anilines is 1. The summed E-state index contributed by atoms with van der Waals surface area (Å²) >= 11 is 0. The van der Waals surface area contributed by atoms with Crippen LogP contribution < -0.4 is 20.1 Å². The maximum Gasteiger partial charge on any atom is 0.296 e. The summed E-state index contributed by atoms with van der Waals surface area (Å²) in [6.45, 7) is 4.34. The highest BCUT2D eigenvalue weighted by molar-refractivity contribution is 5.68. The van der Waals surface area contributed by atoms with E-state index in [0.29, 0.717) is 23.7 Å². The molecule has 0 radical (unpaired) electrons. The monoisotopic (exact) mass is 283 g/mol. The van der Waals surface area contributed by atoms with E-state index in [1.807, 2.05) is 0 Å². The SMILES string of the molecule is CCCNCCNc1cc(OC)c(OC)cc1[N+](=O)[O-]. The molecule has 0 saturated heterocycles. The third kappa shape index (κ3) is 4.27. The molecule has 1 aromatic carbocycles. The number of ether oxygens (including phenoxy) is 2. The van der Waals surface area contributed by atoms with Crippen LogP contribution >= 0.6 is 0 Å². The van der Waals surface area contributed by atoms with E-state index < -0.39 is 4.92 Å². The zero-order chi connectivity index (χ0) is 15.0. The standard InChI is InChI=1S/C13H21N3O4/c1-4-5-14-6-7-15-10-8-12(19-2)13(20-3)9-11(10)16(17)18/h8-9,14-15H,4-7H2,1-3H3. The van der Waals surface area contributed by atoms with Crippen molar-refractivity contribution in [3.63, 3.8) is 0 Å². The topological polar surface area (TPSA) is 85.7 Å². The van der Waals surface area contributed by atoms with Gasteiger partial charge in [-0.1, -0.05) is 6.92 Å². The molecule has 1 aromatic rings. The summed E-state index contributed by atoms with van der Waals surface area (Å²) in [5.41, 5.74) is 0.393. The molecule has 0 aliphatic heterocycles. The Kier molecular flexibility index (Phi) is 6.58. The van der Waals surface area contributed by atoms with Crippen molar-refractivity contribution in [3.8, 4) is 11.5 Å². The van der Waals surface area contributed by atoms with Gasteiger partial charge < -0.3 is 20.1 Å². The highest BCUT2D eigenvalue weighted by atomic mass is 16.6. The van der Waals surface area contributed by atoms with Crippen molar-refractivity contribution >= 4 is 11.4 Å². The van der Waals surface area contributed by atoms with Gasteiger partial charge in [-0.15, -0.1) is 0 Å². The minimum absolute atomic E-state index is 0.0295. The van der Waals surface area contributed by atoms with Crippen LogP contribution in [-0.2, 0) is 0 Å². The smallest absolute Gasteiger partial charge is 0.296 e. The first-order chi connectivity index (χ1) is 9.63. The molecule has 112 valence electrons. The van der Waals surface area contributed by atoms with E-state index in [2.05, 4.69) is 17.6 Å². The molecule has 0 saturated carbocycles. The highest BCUT2D eigenvalue weighted by Crippen LogP contribution is 2.37. The lowest BCUT2D eigenvalue weighted by molar-refractivity contribution is -0.384. The summed E-state index contributed by atoms with van der Waals surface area (Å²) in [6.07, 6.45) is 1.05. The summed E-state index contributed by atoms with van der Waals surface area (Å²) in [5.74, 6) is 0.802. The number of benzene rings is 1. The molecule has 0 atom stereocenters. The van der Waals surface area contributed by atoms with E-state index in [-0.39, 0.29) is 5.69 Å². The molecule has 1 rings (SSSR count). The lowest BCUT2D eigenvalue weighted by Gasteiger charge is -2.12. The van der Waals surface area contributed by atoms with Crippen molar-refractivity contribution in [1.82, 2.24) is 5.32 Å². The maximum absolute atomic E-state index is 11.1. The predicted octanol–water partition coefficient (Wildman–Crippen LogP) is 2.02. The van der Waals surface area contributed by atoms with Gasteiger partial charge in [0, 0.05) is 19.2 Å². The summed E-state index contributed by atoms with van der Waals surface area (Å²) < 4.78 is 10.2. The fourth-order valence-corrected chi connectivity index (χ4v) is 1.75. The van der Waals surface area contributed by atoms with Crippen molar-refractivity contribution < 1.29 is 14.4 Å². The number of nitro groups is 1. The normalized spacial score (nSPS) is 10.2. The molecule has 0 aromatic heterocycles. The van der Waals surface area contributed by atoms with Crippen LogP contribution in [0.5, 0.6) is 11.5 Å². The van der Waals surface area contributed by atoms with E-state index in [4.69, 9.17) is 9.47 Å². The number of nitrogens with one attached hydrogen (secondary N) is 2. The fourth-order valence-electron chi connectivity index (χ4n) is 1.75. The molecule has 7 heteroatoms. The zero-order valence-electron chi connectivity index (χ0n) is 12.1. The van der Waals surface area contributed by atoms with Crippen molar-refractivity contribution in [2.24, 2.45) is 0 Å². The van der Waals surface area contributed by atoms with E-state index in [1.165, 1.54) is 20.3 Å². The van der Waals surface area contributed by atoms with Crippen molar-refractivity contribution in [3.05, 3.63) is 22.2 Å². The lowest BCUT2D eigenvalue weighted by atomic mass is 10.2. The molecule has 0 fully saturated rings. The zero-order valence-corrected chi connectivity index (χ0v) is 12.1. The lowest BCUT2D eigenvalue weighted by Crippen LogP contribution is -2.23. The Morgan fingerprint density at radius 2 is 1.80 bits per heavy atom. The summed E-state index contributed by atoms with van der Waals surface area (Å²) in [7, 11) is 2.94. The largest absolute Gasteiger partial charge is 0.493 e. The van der Waals surface area contributed by atoms with E-state index in [9.17, 15) is 10.1 Å². The van der Waals surface area contributed by atoms with Crippen LogP contribution in [0.15, 0.2) is 12.1 Å². The van der Waals surface area contributed by atoms with E-state index in [0.717, 1.165) is 19.5 Å². The molecule has 2 N–H and O–H groups in total.